The molecule has 0 aliphatic heterocycles. The van der Waals surface area contributed by atoms with Gasteiger partial charge in [0.1, 0.15) is 10.7 Å². The minimum Gasteiger partial charge on any atom is -0.210 e. The molecule has 1 aromatic carbocycles. The standard InChI is InChI=1S/C14H14FNO2S2/c15-12-3-1-2-4-13(12)20(17,18)16-10-14(6-7-14)11-5-8-19-9-11/h1-5,8-9,16H,6-7,10H2. The molecule has 1 aliphatic rings. The molecule has 0 atom stereocenters. The number of thiophene rings is 1. The number of hydrogen-bond donors (Lipinski definition) is 1. The number of nitrogens with one attached hydrogen (secondary N) is 1. The van der Waals surface area contributed by atoms with Gasteiger partial charge in [-0.1, -0.05) is 12.1 Å². The molecular weight excluding hydrogens is 297 g/mol. The average Bonchev–Trinajstić information content (AvgIpc) is 3.01. The van der Waals surface area contributed by atoms with Crippen molar-refractivity contribution in [3.8, 4) is 0 Å². The molecule has 3 nitrogen and oxygen atoms in total. The second kappa shape index (κ2) is 4.95. The summed E-state index contributed by atoms with van der Waals surface area (Å²) < 4.78 is 40.4. The molecule has 1 aliphatic carbocycles. The first-order valence-corrected chi connectivity index (χ1v) is 8.73. The molecule has 1 aromatic heterocycles. The van der Waals surface area contributed by atoms with Crippen molar-refractivity contribution in [3.05, 3.63) is 52.5 Å². The molecule has 1 fully saturated rings. The highest BCUT2D eigenvalue weighted by Crippen LogP contribution is 2.48. The van der Waals surface area contributed by atoms with E-state index in [9.17, 15) is 12.8 Å². The Kier molecular flexibility index (Phi) is 3.40. The van der Waals surface area contributed by atoms with Gasteiger partial charge < -0.3 is 0 Å². The molecule has 106 valence electrons. The third kappa shape index (κ3) is 2.51. The largest absolute Gasteiger partial charge is 0.243 e. The maximum absolute atomic E-state index is 13.6. The Morgan fingerprint density at radius 1 is 1.25 bits per heavy atom. The number of rotatable bonds is 5. The van der Waals surface area contributed by atoms with Crippen LogP contribution in [0.15, 0.2) is 46.0 Å². The monoisotopic (exact) mass is 311 g/mol. The van der Waals surface area contributed by atoms with E-state index in [0.717, 1.165) is 18.9 Å². The highest BCUT2D eigenvalue weighted by Gasteiger charge is 2.45. The fourth-order valence-electron chi connectivity index (χ4n) is 2.26. The summed E-state index contributed by atoms with van der Waals surface area (Å²) in [5, 5.41) is 4.03. The zero-order valence-corrected chi connectivity index (χ0v) is 12.3. The topological polar surface area (TPSA) is 46.2 Å². The average molecular weight is 311 g/mol. The fourth-order valence-corrected chi connectivity index (χ4v) is 4.24. The van der Waals surface area contributed by atoms with Gasteiger partial charge in [-0.3, -0.25) is 0 Å². The normalized spacial score (nSPS) is 17.1. The van der Waals surface area contributed by atoms with Gasteiger partial charge in [-0.15, -0.1) is 0 Å². The second-order valence-electron chi connectivity index (χ2n) is 5.05. The quantitative estimate of drug-likeness (QED) is 0.923. The molecule has 0 unspecified atom stereocenters. The van der Waals surface area contributed by atoms with E-state index >= 15 is 0 Å². The maximum Gasteiger partial charge on any atom is 0.243 e. The Morgan fingerprint density at radius 3 is 2.60 bits per heavy atom. The van der Waals surface area contributed by atoms with E-state index in [2.05, 4.69) is 4.72 Å². The summed E-state index contributed by atoms with van der Waals surface area (Å²) in [6.07, 6.45) is 1.92. The van der Waals surface area contributed by atoms with Gasteiger partial charge in [-0.2, -0.15) is 11.3 Å². The zero-order valence-electron chi connectivity index (χ0n) is 10.7. The molecule has 3 rings (SSSR count). The first kappa shape index (κ1) is 13.7. The predicted octanol–water partition coefficient (Wildman–Crippen LogP) is 2.90. The molecule has 0 spiro atoms. The van der Waals surface area contributed by atoms with Gasteiger partial charge in [0.15, 0.2) is 0 Å². The molecule has 0 radical (unpaired) electrons. The summed E-state index contributed by atoms with van der Waals surface area (Å²) in [6, 6.07) is 7.45. The van der Waals surface area contributed by atoms with Gasteiger partial charge in [0.05, 0.1) is 0 Å². The van der Waals surface area contributed by atoms with Crippen molar-refractivity contribution in [1.82, 2.24) is 4.72 Å². The fraction of sp³-hybridized carbons (Fsp3) is 0.286. The Labute approximate surface area is 121 Å². The highest BCUT2D eigenvalue weighted by atomic mass is 32.2. The Hall–Kier alpha value is -1.24. The van der Waals surface area contributed by atoms with Crippen LogP contribution < -0.4 is 4.72 Å². The number of benzene rings is 1. The summed E-state index contributed by atoms with van der Waals surface area (Å²) in [7, 11) is -3.80. The van der Waals surface area contributed by atoms with E-state index in [1.54, 1.807) is 11.3 Å². The molecule has 1 saturated carbocycles. The maximum atomic E-state index is 13.6. The molecule has 1 heterocycles. The molecular formula is C14H14FNO2S2. The number of sulfonamides is 1. The number of halogens is 1. The Balaban J connectivity index is 1.77. The minimum absolute atomic E-state index is 0.0989. The van der Waals surface area contributed by atoms with E-state index in [-0.39, 0.29) is 10.3 Å². The van der Waals surface area contributed by atoms with Crippen molar-refractivity contribution >= 4 is 21.4 Å². The lowest BCUT2D eigenvalue weighted by atomic mass is 10.0. The smallest absolute Gasteiger partial charge is 0.210 e. The lowest BCUT2D eigenvalue weighted by Crippen LogP contribution is -2.32. The molecule has 0 bridgehead atoms. The minimum atomic E-state index is -3.80. The molecule has 2 aromatic rings. The third-order valence-corrected chi connectivity index (χ3v) is 5.83. The summed E-state index contributed by atoms with van der Waals surface area (Å²) in [5.74, 6) is -0.722. The summed E-state index contributed by atoms with van der Waals surface area (Å²) in [6.45, 7) is 0.320. The van der Waals surface area contributed by atoms with Gasteiger partial charge in [0, 0.05) is 12.0 Å². The van der Waals surface area contributed by atoms with Crippen molar-refractivity contribution in [1.29, 1.82) is 0 Å². The van der Waals surface area contributed by atoms with Crippen LogP contribution in [0.1, 0.15) is 18.4 Å². The van der Waals surface area contributed by atoms with Crippen molar-refractivity contribution in [3.63, 3.8) is 0 Å². The van der Waals surface area contributed by atoms with Crippen LogP contribution in [0.2, 0.25) is 0 Å². The molecule has 6 heteroatoms. The van der Waals surface area contributed by atoms with Crippen LogP contribution in [0.5, 0.6) is 0 Å². The molecule has 20 heavy (non-hydrogen) atoms. The second-order valence-corrected chi connectivity index (χ2v) is 7.56. The Morgan fingerprint density at radius 2 is 2.00 bits per heavy atom. The summed E-state index contributed by atoms with van der Waals surface area (Å²) in [4.78, 5) is -0.291. The van der Waals surface area contributed by atoms with Crippen LogP contribution in [-0.2, 0) is 15.4 Å². The van der Waals surface area contributed by atoms with E-state index in [0.29, 0.717) is 6.54 Å². The lowest BCUT2D eigenvalue weighted by molar-refractivity contribution is 0.548. The first-order valence-electron chi connectivity index (χ1n) is 6.30. The van der Waals surface area contributed by atoms with Gasteiger partial charge in [0.2, 0.25) is 10.0 Å². The third-order valence-electron chi connectivity index (χ3n) is 3.71. The lowest BCUT2D eigenvalue weighted by Gasteiger charge is -2.15. The van der Waals surface area contributed by atoms with E-state index in [1.165, 1.54) is 23.8 Å². The van der Waals surface area contributed by atoms with E-state index < -0.39 is 15.8 Å². The van der Waals surface area contributed by atoms with Crippen LogP contribution >= 0.6 is 11.3 Å². The van der Waals surface area contributed by atoms with Crippen LogP contribution in [0.3, 0.4) is 0 Å². The predicted molar refractivity (Wildman–Crippen MR) is 76.8 cm³/mol. The molecule has 0 saturated heterocycles. The Bertz CT molecular complexity index is 707. The number of hydrogen-bond acceptors (Lipinski definition) is 3. The first-order chi connectivity index (χ1) is 9.54. The highest BCUT2D eigenvalue weighted by molar-refractivity contribution is 7.89. The molecule has 1 N–H and O–H groups in total. The van der Waals surface area contributed by atoms with Crippen molar-refractivity contribution in [2.75, 3.05) is 6.54 Å². The van der Waals surface area contributed by atoms with Gasteiger partial charge in [-0.25, -0.2) is 17.5 Å². The van der Waals surface area contributed by atoms with E-state index in [1.807, 2.05) is 16.8 Å². The van der Waals surface area contributed by atoms with Gasteiger partial charge in [0.25, 0.3) is 0 Å². The molecule has 0 amide bonds. The summed E-state index contributed by atoms with van der Waals surface area (Å²) >= 11 is 1.60. The van der Waals surface area contributed by atoms with Gasteiger partial charge in [-0.05, 0) is 47.4 Å². The van der Waals surface area contributed by atoms with Gasteiger partial charge >= 0.3 is 0 Å². The summed E-state index contributed by atoms with van der Waals surface area (Å²) in [5.41, 5.74) is 1.07. The van der Waals surface area contributed by atoms with Crippen LogP contribution in [0.25, 0.3) is 0 Å². The van der Waals surface area contributed by atoms with Crippen LogP contribution in [0.4, 0.5) is 4.39 Å². The van der Waals surface area contributed by atoms with Crippen molar-refractivity contribution < 1.29 is 12.8 Å². The van der Waals surface area contributed by atoms with Crippen molar-refractivity contribution in [2.45, 2.75) is 23.2 Å². The SMILES string of the molecule is O=S(=O)(NCC1(c2ccsc2)CC1)c1ccccc1F. The van der Waals surface area contributed by atoms with Crippen LogP contribution in [-0.4, -0.2) is 15.0 Å². The zero-order chi connectivity index (χ0) is 14.2. The van der Waals surface area contributed by atoms with E-state index in [4.69, 9.17) is 0 Å². The van der Waals surface area contributed by atoms with Crippen LogP contribution in [0, 0.1) is 5.82 Å². The van der Waals surface area contributed by atoms with Crippen molar-refractivity contribution in [2.24, 2.45) is 0 Å².